The molecule has 0 saturated heterocycles. The van der Waals surface area contributed by atoms with Crippen molar-refractivity contribution in [2.45, 2.75) is 32.7 Å². The molecular formula is C15H17ClN2. The molecule has 0 spiro atoms. The lowest BCUT2D eigenvalue weighted by atomic mass is 10.00. The highest BCUT2D eigenvalue weighted by molar-refractivity contribution is 6.30. The van der Waals surface area contributed by atoms with E-state index >= 15 is 0 Å². The molecule has 1 unspecified atom stereocenters. The lowest BCUT2D eigenvalue weighted by molar-refractivity contribution is 0.392. The lowest BCUT2D eigenvalue weighted by Crippen LogP contribution is -2.19. The Labute approximate surface area is 113 Å². The summed E-state index contributed by atoms with van der Waals surface area (Å²) in [6.07, 6.45) is 3.14. The third kappa shape index (κ3) is 2.17. The second-order valence-corrected chi connectivity index (χ2v) is 5.54. The largest absolute Gasteiger partial charge is 0.330 e. The molecule has 3 rings (SSSR count). The predicted octanol–water partition coefficient (Wildman–Crippen LogP) is 3.71. The van der Waals surface area contributed by atoms with Crippen molar-refractivity contribution in [1.82, 2.24) is 9.55 Å². The van der Waals surface area contributed by atoms with Crippen LogP contribution in [0.25, 0.3) is 0 Å². The Morgan fingerprint density at radius 3 is 2.89 bits per heavy atom. The number of nitrogens with zero attached hydrogens (tertiary/aromatic N) is 2. The van der Waals surface area contributed by atoms with Gasteiger partial charge in [-0.25, -0.2) is 4.98 Å². The van der Waals surface area contributed by atoms with E-state index in [1.165, 1.54) is 17.7 Å². The maximum absolute atomic E-state index is 6.24. The zero-order valence-corrected chi connectivity index (χ0v) is 11.3. The van der Waals surface area contributed by atoms with Crippen LogP contribution in [0, 0.1) is 5.92 Å². The minimum Gasteiger partial charge on any atom is -0.330 e. The van der Waals surface area contributed by atoms with Gasteiger partial charge in [-0.2, -0.15) is 0 Å². The summed E-state index contributed by atoms with van der Waals surface area (Å²) in [4.78, 5) is 4.55. The molecule has 0 saturated carbocycles. The van der Waals surface area contributed by atoms with Gasteiger partial charge in [0.05, 0.1) is 5.69 Å². The number of fused-ring (bicyclic) bond motifs is 1. The normalized spacial score (nSPS) is 18.7. The Hall–Kier alpha value is -1.28. The molecule has 2 aromatic rings. The van der Waals surface area contributed by atoms with E-state index in [1.54, 1.807) is 0 Å². The predicted molar refractivity (Wildman–Crippen MR) is 74.0 cm³/mol. The number of aromatic nitrogens is 2. The van der Waals surface area contributed by atoms with E-state index in [0.29, 0.717) is 5.15 Å². The summed E-state index contributed by atoms with van der Waals surface area (Å²) in [5.41, 5.74) is 2.51. The van der Waals surface area contributed by atoms with Gasteiger partial charge in [-0.15, -0.1) is 0 Å². The van der Waals surface area contributed by atoms with E-state index in [1.807, 2.05) is 6.07 Å². The molecule has 1 aromatic carbocycles. The first-order valence-corrected chi connectivity index (χ1v) is 6.89. The van der Waals surface area contributed by atoms with Crippen LogP contribution in [-0.2, 0) is 19.4 Å². The minimum absolute atomic E-state index is 0.702. The van der Waals surface area contributed by atoms with Crippen LogP contribution in [-0.4, -0.2) is 9.55 Å². The average molecular weight is 261 g/mol. The van der Waals surface area contributed by atoms with E-state index < -0.39 is 0 Å². The van der Waals surface area contributed by atoms with Gasteiger partial charge >= 0.3 is 0 Å². The number of hydrogen-bond donors (Lipinski definition) is 0. The Kier molecular flexibility index (Phi) is 3.13. The molecule has 2 nitrogen and oxygen atoms in total. The molecule has 0 fully saturated rings. The van der Waals surface area contributed by atoms with Crippen molar-refractivity contribution >= 4 is 11.6 Å². The summed E-state index contributed by atoms with van der Waals surface area (Å²) in [5.74, 6) is 1.82. The van der Waals surface area contributed by atoms with Gasteiger partial charge in [0.2, 0.25) is 0 Å². The first-order chi connectivity index (χ1) is 8.74. The zero-order chi connectivity index (χ0) is 12.5. The summed E-state index contributed by atoms with van der Waals surface area (Å²) in [6, 6.07) is 10.5. The maximum Gasteiger partial charge on any atom is 0.150 e. The molecule has 2 heterocycles. The Balaban J connectivity index is 1.93. The van der Waals surface area contributed by atoms with Crippen LogP contribution in [0.1, 0.15) is 30.4 Å². The molecule has 1 atom stereocenters. The smallest absolute Gasteiger partial charge is 0.150 e. The van der Waals surface area contributed by atoms with Crippen molar-refractivity contribution in [3.05, 3.63) is 52.6 Å². The van der Waals surface area contributed by atoms with Gasteiger partial charge in [0.15, 0.2) is 5.15 Å². The number of rotatable bonds is 2. The molecule has 1 aliphatic rings. The standard InChI is InChI=1S/C15H17ClN2/c1-11-7-8-13-15(16)17-14(18(13)10-11)9-12-5-3-2-4-6-12/h2-6,11H,7-10H2,1H3. The van der Waals surface area contributed by atoms with E-state index in [9.17, 15) is 0 Å². The molecule has 0 radical (unpaired) electrons. The van der Waals surface area contributed by atoms with Crippen molar-refractivity contribution in [3.63, 3.8) is 0 Å². The fourth-order valence-electron chi connectivity index (χ4n) is 2.66. The molecule has 0 amide bonds. The maximum atomic E-state index is 6.24. The summed E-state index contributed by atoms with van der Waals surface area (Å²) in [7, 11) is 0. The van der Waals surface area contributed by atoms with Gasteiger partial charge in [0, 0.05) is 13.0 Å². The van der Waals surface area contributed by atoms with Crippen LogP contribution in [0.4, 0.5) is 0 Å². The van der Waals surface area contributed by atoms with E-state index in [4.69, 9.17) is 11.6 Å². The first-order valence-electron chi connectivity index (χ1n) is 6.51. The number of halogens is 1. The highest BCUT2D eigenvalue weighted by atomic mass is 35.5. The highest BCUT2D eigenvalue weighted by Crippen LogP contribution is 2.28. The van der Waals surface area contributed by atoms with Crippen LogP contribution in [0.15, 0.2) is 30.3 Å². The average Bonchev–Trinajstić information content (AvgIpc) is 2.67. The van der Waals surface area contributed by atoms with Crippen LogP contribution in [0.3, 0.4) is 0 Å². The van der Waals surface area contributed by atoms with E-state index in [-0.39, 0.29) is 0 Å². The van der Waals surface area contributed by atoms with Crippen molar-refractivity contribution in [1.29, 1.82) is 0 Å². The molecule has 94 valence electrons. The molecule has 1 aromatic heterocycles. The third-order valence-electron chi connectivity index (χ3n) is 3.68. The fourth-order valence-corrected chi connectivity index (χ4v) is 2.95. The van der Waals surface area contributed by atoms with Crippen molar-refractivity contribution in [2.24, 2.45) is 5.92 Å². The second kappa shape index (κ2) is 4.77. The number of imidazole rings is 1. The monoisotopic (exact) mass is 260 g/mol. The quantitative estimate of drug-likeness (QED) is 0.805. The van der Waals surface area contributed by atoms with Crippen molar-refractivity contribution in [2.75, 3.05) is 0 Å². The van der Waals surface area contributed by atoms with Gasteiger partial charge < -0.3 is 4.57 Å². The minimum atomic E-state index is 0.702. The molecular weight excluding hydrogens is 244 g/mol. The zero-order valence-electron chi connectivity index (χ0n) is 10.6. The van der Waals surface area contributed by atoms with Crippen LogP contribution in [0.5, 0.6) is 0 Å². The van der Waals surface area contributed by atoms with Crippen LogP contribution < -0.4 is 0 Å². The van der Waals surface area contributed by atoms with Crippen LogP contribution in [0.2, 0.25) is 5.15 Å². The molecule has 0 aliphatic carbocycles. The van der Waals surface area contributed by atoms with Gasteiger partial charge in [-0.3, -0.25) is 0 Å². The SMILES string of the molecule is CC1CCc2c(Cl)nc(Cc3ccccc3)n2C1. The number of hydrogen-bond acceptors (Lipinski definition) is 1. The third-order valence-corrected chi connectivity index (χ3v) is 3.98. The van der Waals surface area contributed by atoms with Gasteiger partial charge in [0.25, 0.3) is 0 Å². The Bertz CT molecular complexity index is 545. The topological polar surface area (TPSA) is 17.8 Å². The molecule has 3 heteroatoms. The fraction of sp³-hybridized carbons (Fsp3) is 0.400. The van der Waals surface area contributed by atoms with Crippen molar-refractivity contribution in [3.8, 4) is 0 Å². The van der Waals surface area contributed by atoms with Gasteiger partial charge in [-0.1, -0.05) is 48.9 Å². The number of benzene rings is 1. The van der Waals surface area contributed by atoms with Gasteiger partial charge in [-0.05, 0) is 24.3 Å². The molecule has 0 N–H and O–H groups in total. The lowest BCUT2D eigenvalue weighted by Gasteiger charge is -2.22. The Morgan fingerprint density at radius 1 is 1.33 bits per heavy atom. The van der Waals surface area contributed by atoms with Crippen molar-refractivity contribution < 1.29 is 0 Å². The summed E-state index contributed by atoms with van der Waals surface area (Å²) in [5, 5.41) is 0.702. The summed E-state index contributed by atoms with van der Waals surface area (Å²) < 4.78 is 2.32. The first kappa shape index (κ1) is 11.8. The van der Waals surface area contributed by atoms with Gasteiger partial charge in [0.1, 0.15) is 5.82 Å². The van der Waals surface area contributed by atoms with E-state index in [0.717, 1.165) is 31.1 Å². The van der Waals surface area contributed by atoms with Crippen LogP contribution >= 0.6 is 11.6 Å². The molecule has 0 bridgehead atoms. The summed E-state index contributed by atoms with van der Waals surface area (Å²) in [6.45, 7) is 3.35. The molecule has 1 aliphatic heterocycles. The molecule has 18 heavy (non-hydrogen) atoms. The summed E-state index contributed by atoms with van der Waals surface area (Å²) >= 11 is 6.24. The Morgan fingerprint density at radius 2 is 2.11 bits per heavy atom. The highest BCUT2D eigenvalue weighted by Gasteiger charge is 2.22. The van der Waals surface area contributed by atoms with E-state index in [2.05, 4.69) is 40.7 Å². The second-order valence-electron chi connectivity index (χ2n) is 5.18.